The van der Waals surface area contributed by atoms with Crippen molar-refractivity contribution in [3.63, 3.8) is 0 Å². The van der Waals surface area contributed by atoms with Gasteiger partial charge in [0.2, 0.25) is 0 Å². The molecule has 1 aliphatic rings. The van der Waals surface area contributed by atoms with E-state index in [1.165, 1.54) is 23.4 Å². The summed E-state index contributed by atoms with van der Waals surface area (Å²) in [5.41, 5.74) is 5.05. The highest BCUT2D eigenvalue weighted by molar-refractivity contribution is 5.92. The number of nitrogens with zero attached hydrogens (tertiary/aromatic N) is 1. The van der Waals surface area contributed by atoms with E-state index in [2.05, 4.69) is 66.4 Å². The van der Waals surface area contributed by atoms with Crippen molar-refractivity contribution in [3.05, 3.63) is 102 Å². The number of hydrogen-bond acceptors (Lipinski definition) is 4. The second-order valence-electron chi connectivity index (χ2n) is 9.71. The number of aryl methyl sites for hydroxylation is 1. The molecule has 1 heterocycles. The van der Waals surface area contributed by atoms with Crippen LogP contribution < -0.4 is 9.64 Å². The zero-order chi connectivity index (χ0) is 25.1. The molecule has 0 saturated heterocycles. The number of carbonyl (C=O) groups excluding carboxylic acids is 1. The van der Waals surface area contributed by atoms with Crippen LogP contribution in [-0.4, -0.2) is 25.7 Å². The van der Waals surface area contributed by atoms with E-state index in [1.54, 1.807) is 0 Å². The number of benzene rings is 4. The average molecular weight is 480 g/mol. The highest BCUT2D eigenvalue weighted by atomic mass is 16.5. The second kappa shape index (κ2) is 10.4. The van der Waals surface area contributed by atoms with Gasteiger partial charge in [-0.1, -0.05) is 61.5 Å². The van der Waals surface area contributed by atoms with Crippen molar-refractivity contribution in [1.29, 1.82) is 0 Å². The number of ether oxygens (including phenoxy) is 2. The standard InChI is InChI=1S/C32H33NO3/c1-22(27-15-9-12-24-11-4-5-14-29(24)27)10-8-13-26-21-33(30-16-6-7-17-31(30)36-26)25-18-19-28(23(2)20-25)32(34)35-3/h4-7,9,11-12,14-20,22,26H,8,10,13,21H2,1-3H3/t22-,26?/m0/s1. The summed E-state index contributed by atoms with van der Waals surface area (Å²) in [4.78, 5) is 14.4. The third-order valence-corrected chi connectivity index (χ3v) is 7.28. The molecule has 0 spiro atoms. The van der Waals surface area contributed by atoms with E-state index in [0.717, 1.165) is 48.5 Å². The molecule has 2 atom stereocenters. The molecular weight excluding hydrogens is 446 g/mol. The first-order chi connectivity index (χ1) is 17.5. The van der Waals surface area contributed by atoms with E-state index in [4.69, 9.17) is 9.47 Å². The predicted molar refractivity (Wildman–Crippen MR) is 147 cm³/mol. The summed E-state index contributed by atoms with van der Waals surface area (Å²) in [6.07, 6.45) is 3.28. The first kappa shape index (κ1) is 23.9. The van der Waals surface area contributed by atoms with Gasteiger partial charge in [-0.25, -0.2) is 4.79 Å². The van der Waals surface area contributed by atoms with Crippen LogP contribution >= 0.6 is 0 Å². The number of rotatable bonds is 7. The molecule has 0 aliphatic carbocycles. The molecule has 1 unspecified atom stereocenters. The van der Waals surface area contributed by atoms with E-state index in [9.17, 15) is 4.79 Å². The molecule has 0 bridgehead atoms. The van der Waals surface area contributed by atoms with Crippen molar-refractivity contribution in [1.82, 2.24) is 0 Å². The maximum absolute atomic E-state index is 12.1. The van der Waals surface area contributed by atoms with Crippen LogP contribution in [0.2, 0.25) is 0 Å². The highest BCUT2D eigenvalue weighted by Gasteiger charge is 2.27. The van der Waals surface area contributed by atoms with E-state index >= 15 is 0 Å². The number of esters is 1. The minimum Gasteiger partial charge on any atom is -0.486 e. The summed E-state index contributed by atoms with van der Waals surface area (Å²) in [6.45, 7) is 5.06. The largest absolute Gasteiger partial charge is 0.486 e. The Kier molecular flexibility index (Phi) is 6.95. The van der Waals surface area contributed by atoms with E-state index < -0.39 is 0 Å². The molecule has 0 fully saturated rings. The first-order valence-corrected chi connectivity index (χ1v) is 12.7. The van der Waals surface area contributed by atoms with Crippen LogP contribution in [-0.2, 0) is 4.74 Å². The van der Waals surface area contributed by atoms with Gasteiger partial charge in [0.25, 0.3) is 0 Å². The molecule has 184 valence electrons. The Morgan fingerprint density at radius 2 is 1.81 bits per heavy atom. The molecule has 0 radical (unpaired) electrons. The number of fused-ring (bicyclic) bond motifs is 2. The van der Waals surface area contributed by atoms with Gasteiger partial charge in [-0.2, -0.15) is 0 Å². The van der Waals surface area contributed by atoms with Gasteiger partial charge >= 0.3 is 5.97 Å². The zero-order valence-electron chi connectivity index (χ0n) is 21.2. The lowest BCUT2D eigenvalue weighted by molar-refractivity contribution is 0.0600. The van der Waals surface area contributed by atoms with Crippen molar-refractivity contribution in [3.8, 4) is 5.75 Å². The lowest BCUT2D eigenvalue weighted by Gasteiger charge is -2.36. The summed E-state index contributed by atoms with van der Waals surface area (Å²) < 4.78 is 11.4. The Morgan fingerprint density at radius 1 is 1.03 bits per heavy atom. The van der Waals surface area contributed by atoms with Gasteiger partial charge in [0.05, 0.1) is 24.9 Å². The minimum absolute atomic E-state index is 0.0974. The normalized spacial score (nSPS) is 15.8. The Morgan fingerprint density at radius 3 is 2.64 bits per heavy atom. The quantitative estimate of drug-likeness (QED) is 0.253. The Hall–Kier alpha value is -3.79. The maximum Gasteiger partial charge on any atom is 0.338 e. The van der Waals surface area contributed by atoms with Gasteiger partial charge in [0.1, 0.15) is 11.9 Å². The van der Waals surface area contributed by atoms with Gasteiger partial charge in [0.15, 0.2) is 0 Å². The van der Waals surface area contributed by atoms with Crippen LogP contribution in [0, 0.1) is 6.92 Å². The lowest BCUT2D eigenvalue weighted by Crippen LogP contribution is -2.37. The number of carbonyl (C=O) groups is 1. The summed E-state index contributed by atoms with van der Waals surface area (Å²) in [5.74, 6) is 1.08. The van der Waals surface area contributed by atoms with Crippen LogP contribution in [0.5, 0.6) is 5.75 Å². The molecule has 4 aromatic rings. The SMILES string of the molecule is COC(=O)c1ccc(N2CC(CCC[C@H](C)c3cccc4ccccc34)Oc3ccccc32)cc1C. The maximum atomic E-state index is 12.1. The number of hydrogen-bond donors (Lipinski definition) is 0. The number of methoxy groups -OCH3 is 1. The summed E-state index contributed by atoms with van der Waals surface area (Å²) >= 11 is 0. The lowest BCUT2D eigenvalue weighted by atomic mass is 9.90. The Bertz CT molecular complexity index is 1370. The predicted octanol–water partition coefficient (Wildman–Crippen LogP) is 7.81. The topological polar surface area (TPSA) is 38.8 Å². The van der Waals surface area contributed by atoms with Crippen molar-refractivity contribution < 1.29 is 14.3 Å². The summed E-state index contributed by atoms with van der Waals surface area (Å²) in [5, 5.41) is 2.66. The van der Waals surface area contributed by atoms with Crippen molar-refractivity contribution in [2.45, 2.75) is 45.1 Å². The van der Waals surface area contributed by atoms with Gasteiger partial charge in [0, 0.05) is 5.69 Å². The van der Waals surface area contributed by atoms with Crippen molar-refractivity contribution in [2.75, 3.05) is 18.6 Å². The highest BCUT2D eigenvalue weighted by Crippen LogP contribution is 2.39. The Balaban J connectivity index is 1.30. The average Bonchev–Trinajstić information content (AvgIpc) is 2.91. The van der Waals surface area contributed by atoms with Crippen LogP contribution in [0.3, 0.4) is 0 Å². The smallest absolute Gasteiger partial charge is 0.338 e. The third kappa shape index (κ3) is 4.81. The second-order valence-corrected chi connectivity index (χ2v) is 9.71. The van der Waals surface area contributed by atoms with Crippen LogP contribution in [0.4, 0.5) is 11.4 Å². The zero-order valence-corrected chi connectivity index (χ0v) is 21.2. The first-order valence-electron chi connectivity index (χ1n) is 12.7. The molecule has 0 aromatic heterocycles. The molecule has 1 aliphatic heterocycles. The minimum atomic E-state index is -0.306. The molecule has 4 heteroatoms. The van der Waals surface area contributed by atoms with Crippen molar-refractivity contribution >= 4 is 28.1 Å². The molecule has 0 amide bonds. The fourth-order valence-electron chi connectivity index (χ4n) is 5.34. The molecule has 36 heavy (non-hydrogen) atoms. The van der Waals surface area contributed by atoms with Gasteiger partial charge in [-0.3, -0.25) is 0 Å². The van der Waals surface area contributed by atoms with Crippen LogP contribution in [0.15, 0.2) is 84.9 Å². The Labute approximate surface area is 213 Å². The van der Waals surface area contributed by atoms with Crippen LogP contribution in [0.1, 0.15) is 53.6 Å². The molecule has 4 nitrogen and oxygen atoms in total. The van der Waals surface area contributed by atoms with Gasteiger partial charge in [-0.05, 0) is 84.3 Å². The fourth-order valence-corrected chi connectivity index (χ4v) is 5.34. The molecular formula is C32H33NO3. The molecule has 5 rings (SSSR count). The third-order valence-electron chi connectivity index (χ3n) is 7.28. The van der Waals surface area contributed by atoms with Crippen LogP contribution in [0.25, 0.3) is 10.8 Å². The number of para-hydroxylation sites is 2. The summed E-state index contributed by atoms with van der Waals surface area (Å²) in [6, 6.07) is 29.4. The van der Waals surface area contributed by atoms with Crippen molar-refractivity contribution in [2.24, 2.45) is 0 Å². The van der Waals surface area contributed by atoms with E-state index in [-0.39, 0.29) is 12.1 Å². The molecule has 0 saturated carbocycles. The van der Waals surface area contributed by atoms with Gasteiger partial charge in [-0.15, -0.1) is 0 Å². The van der Waals surface area contributed by atoms with Gasteiger partial charge < -0.3 is 14.4 Å². The monoisotopic (exact) mass is 479 g/mol. The molecule has 0 N–H and O–H groups in total. The van der Waals surface area contributed by atoms with E-state index in [0.29, 0.717) is 11.5 Å². The summed E-state index contributed by atoms with van der Waals surface area (Å²) in [7, 11) is 1.42. The molecule has 4 aromatic carbocycles. The van der Waals surface area contributed by atoms with E-state index in [1.807, 2.05) is 37.3 Å². The fraction of sp³-hybridized carbons (Fsp3) is 0.281. The number of anilines is 2.